The smallest absolute Gasteiger partial charge is 0.220 e. The molecule has 1 aromatic carbocycles. The minimum absolute atomic E-state index is 0.0419. The van der Waals surface area contributed by atoms with Crippen molar-refractivity contribution in [3.05, 3.63) is 64.2 Å². The van der Waals surface area contributed by atoms with Gasteiger partial charge in [-0.05, 0) is 87.6 Å². The molecule has 1 heterocycles. The minimum Gasteiger partial charge on any atom is -0.349 e. The molecule has 0 bridgehead atoms. The van der Waals surface area contributed by atoms with Crippen molar-refractivity contribution in [2.24, 2.45) is 0 Å². The molecule has 1 aliphatic carbocycles. The van der Waals surface area contributed by atoms with E-state index in [4.69, 9.17) is 4.98 Å². The zero-order chi connectivity index (χ0) is 21.5. The molecule has 0 unspecified atom stereocenters. The molecule has 2 aromatic rings. The lowest BCUT2D eigenvalue weighted by molar-refractivity contribution is -0.122. The lowest BCUT2D eigenvalue weighted by atomic mass is 9.95. The van der Waals surface area contributed by atoms with E-state index >= 15 is 0 Å². The van der Waals surface area contributed by atoms with Gasteiger partial charge in [0.1, 0.15) is 11.6 Å². The predicted octanol–water partition coefficient (Wildman–Crippen LogP) is 4.96. The first-order valence-corrected chi connectivity index (χ1v) is 10.9. The van der Waals surface area contributed by atoms with E-state index in [1.807, 2.05) is 0 Å². The Balaban J connectivity index is 1.49. The molecule has 4 nitrogen and oxygen atoms in total. The summed E-state index contributed by atoms with van der Waals surface area (Å²) in [7, 11) is 0. The number of nitrogens with one attached hydrogen (secondary N) is 1. The molecule has 1 N–H and O–H groups in total. The minimum atomic E-state index is -0.493. The number of pyridine rings is 1. The molecule has 1 aromatic heterocycles. The number of Topliss-reactive ketones (excluding diaryl/α,β-unsaturated/α-hetero) is 1. The molecular formula is C25H31FN2O2. The highest BCUT2D eigenvalue weighted by Gasteiger charge is 2.18. The number of hydrogen-bond acceptors (Lipinski definition) is 3. The normalized spacial score (nSPS) is 14.1. The highest BCUT2D eigenvalue weighted by Crippen LogP contribution is 2.22. The number of benzene rings is 1. The molecule has 3 rings (SSSR count). The van der Waals surface area contributed by atoms with Gasteiger partial charge < -0.3 is 5.32 Å². The topological polar surface area (TPSA) is 59.1 Å². The number of amides is 1. The second-order valence-corrected chi connectivity index (χ2v) is 8.36. The summed E-state index contributed by atoms with van der Waals surface area (Å²) in [4.78, 5) is 28.9. The second-order valence-electron chi connectivity index (χ2n) is 8.36. The summed E-state index contributed by atoms with van der Waals surface area (Å²) in [5.74, 6) is -0.478. The monoisotopic (exact) mass is 410 g/mol. The van der Waals surface area contributed by atoms with Crippen molar-refractivity contribution in [1.82, 2.24) is 10.3 Å². The molecule has 1 aliphatic rings. The van der Waals surface area contributed by atoms with Crippen molar-refractivity contribution in [1.29, 1.82) is 0 Å². The second kappa shape index (κ2) is 10.5. The van der Waals surface area contributed by atoms with Crippen molar-refractivity contribution in [3.63, 3.8) is 0 Å². The summed E-state index contributed by atoms with van der Waals surface area (Å²) in [6.07, 6.45) is 7.72. The number of fused-ring (bicyclic) bond motifs is 1. The Bertz CT molecular complexity index is 910. The molecular weight excluding hydrogens is 379 g/mol. The number of carbonyl (C=O) groups is 2. The first-order chi connectivity index (χ1) is 14.4. The maximum absolute atomic E-state index is 13.9. The van der Waals surface area contributed by atoms with E-state index in [1.165, 1.54) is 37.1 Å². The third kappa shape index (κ3) is 6.22. The van der Waals surface area contributed by atoms with Crippen LogP contribution in [0, 0.1) is 12.7 Å². The molecule has 0 radical (unpaired) electrons. The summed E-state index contributed by atoms with van der Waals surface area (Å²) >= 11 is 0. The van der Waals surface area contributed by atoms with Crippen LogP contribution in [0.15, 0.2) is 30.3 Å². The Kier molecular flexibility index (Phi) is 7.72. The van der Waals surface area contributed by atoms with Crippen LogP contribution >= 0.6 is 0 Å². The van der Waals surface area contributed by atoms with Crippen molar-refractivity contribution in [3.8, 4) is 0 Å². The third-order valence-corrected chi connectivity index (χ3v) is 5.75. The zero-order valence-electron chi connectivity index (χ0n) is 18.0. The highest BCUT2D eigenvalue weighted by atomic mass is 19.1. The quantitative estimate of drug-likeness (QED) is 0.595. The lowest BCUT2D eigenvalue weighted by Crippen LogP contribution is -2.29. The SMILES string of the molecule is CC(=O)C[C@H](NC(=O)CCCCc1ccc2c(n1)CCCC2)c1ccc(C)c(F)c1. The largest absolute Gasteiger partial charge is 0.349 e. The van der Waals surface area contributed by atoms with Gasteiger partial charge in [-0.3, -0.25) is 14.6 Å². The van der Waals surface area contributed by atoms with Crippen LogP contribution in [0.2, 0.25) is 0 Å². The van der Waals surface area contributed by atoms with Crippen molar-refractivity contribution in [2.75, 3.05) is 0 Å². The molecule has 1 amide bonds. The fraction of sp³-hybridized carbons (Fsp3) is 0.480. The van der Waals surface area contributed by atoms with E-state index in [0.29, 0.717) is 17.5 Å². The molecule has 0 aliphatic heterocycles. The number of carbonyl (C=O) groups excluding carboxylic acids is 2. The third-order valence-electron chi connectivity index (χ3n) is 5.75. The van der Waals surface area contributed by atoms with Gasteiger partial charge in [0.15, 0.2) is 0 Å². The van der Waals surface area contributed by atoms with Crippen molar-refractivity contribution < 1.29 is 14.0 Å². The first kappa shape index (κ1) is 22.1. The maximum Gasteiger partial charge on any atom is 0.220 e. The standard InChI is InChI=1S/C25H31FN2O2/c1-17-11-12-20(16-22(17)26)24(15-18(2)29)28-25(30)10-6-4-8-21-14-13-19-7-3-5-9-23(19)27-21/h11-14,16,24H,3-10,15H2,1-2H3,(H,28,30)/t24-/m0/s1. The summed E-state index contributed by atoms with van der Waals surface area (Å²) in [5, 5.41) is 2.91. The predicted molar refractivity (Wildman–Crippen MR) is 116 cm³/mol. The Morgan fingerprint density at radius 2 is 1.93 bits per heavy atom. The van der Waals surface area contributed by atoms with E-state index in [1.54, 1.807) is 19.1 Å². The van der Waals surface area contributed by atoms with Crippen LogP contribution < -0.4 is 5.32 Å². The highest BCUT2D eigenvalue weighted by molar-refractivity contribution is 5.79. The molecule has 30 heavy (non-hydrogen) atoms. The number of nitrogens with zero attached hydrogens (tertiary/aromatic N) is 1. The van der Waals surface area contributed by atoms with Gasteiger partial charge in [0.05, 0.1) is 6.04 Å². The van der Waals surface area contributed by atoms with Gasteiger partial charge in [0.2, 0.25) is 5.91 Å². The zero-order valence-corrected chi connectivity index (χ0v) is 18.0. The van der Waals surface area contributed by atoms with Gasteiger partial charge in [0, 0.05) is 24.2 Å². The van der Waals surface area contributed by atoms with Crippen LogP contribution in [0.3, 0.4) is 0 Å². The van der Waals surface area contributed by atoms with E-state index in [9.17, 15) is 14.0 Å². The Hall–Kier alpha value is -2.56. The molecule has 0 spiro atoms. The van der Waals surface area contributed by atoms with Crippen molar-refractivity contribution >= 4 is 11.7 Å². The Labute approximate surface area is 178 Å². The summed E-state index contributed by atoms with van der Waals surface area (Å²) < 4.78 is 13.9. The number of ketones is 1. The van der Waals surface area contributed by atoms with Crippen LogP contribution in [-0.2, 0) is 28.9 Å². The molecule has 0 fully saturated rings. The molecule has 1 atom stereocenters. The van der Waals surface area contributed by atoms with Gasteiger partial charge in [0.25, 0.3) is 0 Å². The van der Waals surface area contributed by atoms with E-state index in [-0.39, 0.29) is 23.9 Å². The number of hydrogen-bond donors (Lipinski definition) is 1. The Morgan fingerprint density at radius 3 is 2.70 bits per heavy atom. The average Bonchev–Trinajstić information content (AvgIpc) is 2.72. The lowest BCUT2D eigenvalue weighted by Gasteiger charge is -2.19. The Morgan fingerprint density at radius 1 is 1.13 bits per heavy atom. The molecule has 160 valence electrons. The summed E-state index contributed by atoms with van der Waals surface area (Å²) in [6, 6.07) is 8.68. The number of rotatable bonds is 9. The maximum atomic E-state index is 13.9. The van der Waals surface area contributed by atoms with Gasteiger partial charge in [-0.2, -0.15) is 0 Å². The average molecular weight is 411 g/mol. The summed E-state index contributed by atoms with van der Waals surface area (Å²) in [6.45, 7) is 3.17. The number of aromatic nitrogens is 1. The van der Waals surface area contributed by atoms with Crippen LogP contribution in [0.25, 0.3) is 0 Å². The number of unbranched alkanes of at least 4 members (excludes halogenated alkanes) is 1. The van der Waals surface area contributed by atoms with Gasteiger partial charge in [-0.1, -0.05) is 18.2 Å². The molecule has 0 saturated carbocycles. The molecule has 5 heteroatoms. The van der Waals surface area contributed by atoms with Crippen molar-refractivity contribution in [2.45, 2.75) is 77.7 Å². The van der Waals surface area contributed by atoms with E-state index < -0.39 is 6.04 Å². The van der Waals surface area contributed by atoms with E-state index in [2.05, 4.69) is 17.4 Å². The number of halogens is 1. The van der Waals surface area contributed by atoms with Gasteiger partial charge in [-0.25, -0.2) is 4.39 Å². The number of aryl methyl sites for hydroxylation is 4. The van der Waals surface area contributed by atoms with E-state index in [0.717, 1.165) is 37.8 Å². The fourth-order valence-electron chi connectivity index (χ4n) is 3.99. The fourth-order valence-corrected chi connectivity index (χ4v) is 3.99. The molecule has 0 saturated heterocycles. The van der Waals surface area contributed by atoms with Crippen LogP contribution in [-0.4, -0.2) is 16.7 Å². The van der Waals surface area contributed by atoms with Gasteiger partial charge in [-0.15, -0.1) is 0 Å². The summed E-state index contributed by atoms with van der Waals surface area (Å²) in [5.41, 5.74) is 4.89. The van der Waals surface area contributed by atoms with Gasteiger partial charge >= 0.3 is 0 Å². The van der Waals surface area contributed by atoms with Crippen LogP contribution in [0.5, 0.6) is 0 Å². The van der Waals surface area contributed by atoms with Crippen LogP contribution in [0.4, 0.5) is 4.39 Å². The van der Waals surface area contributed by atoms with Crippen LogP contribution in [0.1, 0.15) is 79.6 Å². The first-order valence-electron chi connectivity index (χ1n) is 10.9.